The van der Waals surface area contributed by atoms with Crippen molar-refractivity contribution < 1.29 is 4.79 Å². The summed E-state index contributed by atoms with van der Waals surface area (Å²) in [4.78, 5) is 14.1. The zero-order chi connectivity index (χ0) is 12.1. The van der Waals surface area contributed by atoms with E-state index in [-0.39, 0.29) is 11.9 Å². The molecule has 0 radical (unpaired) electrons. The summed E-state index contributed by atoms with van der Waals surface area (Å²) in [5.74, 6) is 1.54. The van der Waals surface area contributed by atoms with Gasteiger partial charge in [0.05, 0.1) is 6.04 Å². The molecule has 1 N–H and O–H groups in total. The first-order valence-electron chi connectivity index (χ1n) is 6.53. The Morgan fingerprint density at radius 3 is 2.81 bits per heavy atom. The summed E-state index contributed by atoms with van der Waals surface area (Å²) in [6.07, 6.45) is 3.31. The van der Waals surface area contributed by atoms with Gasteiger partial charge in [0.1, 0.15) is 0 Å². The van der Waals surface area contributed by atoms with E-state index in [0.717, 1.165) is 25.9 Å². The molecule has 1 saturated heterocycles. The van der Waals surface area contributed by atoms with Crippen molar-refractivity contribution in [1.82, 2.24) is 10.2 Å². The molecule has 1 amide bonds. The Kier molecular flexibility index (Phi) is 5.26. The molecule has 0 spiro atoms. The number of carbonyl (C=O) groups excluding carboxylic acids is 1. The highest BCUT2D eigenvalue weighted by Crippen LogP contribution is 2.16. The van der Waals surface area contributed by atoms with Gasteiger partial charge in [0.2, 0.25) is 5.91 Å². The molecular formula is C13H26N2O. The summed E-state index contributed by atoms with van der Waals surface area (Å²) in [7, 11) is 1.93. The molecule has 0 aliphatic carbocycles. The van der Waals surface area contributed by atoms with Gasteiger partial charge in [-0.05, 0) is 31.2 Å². The standard InChI is InChI=1S/C13H26N2O/c1-5-10(2)9-15(4)13(16)12-8-11(3)6-7-14-12/h10-12,14H,5-9H2,1-4H3. The second-order valence-electron chi connectivity index (χ2n) is 5.37. The van der Waals surface area contributed by atoms with Crippen molar-refractivity contribution in [3.63, 3.8) is 0 Å². The quantitative estimate of drug-likeness (QED) is 0.794. The summed E-state index contributed by atoms with van der Waals surface area (Å²) in [6, 6.07) is 0.0535. The van der Waals surface area contributed by atoms with Crippen LogP contribution in [0, 0.1) is 11.8 Å². The molecule has 0 bridgehead atoms. The molecule has 1 aliphatic heterocycles. The Labute approximate surface area is 99.6 Å². The number of piperidine rings is 1. The summed E-state index contributed by atoms with van der Waals surface area (Å²) >= 11 is 0. The van der Waals surface area contributed by atoms with Gasteiger partial charge in [-0.2, -0.15) is 0 Å². The van der Waals surface area contributed by atoms with Crippen LogP contribution in [0.2, 0.25) is 0 Å². The smallest absolute Gasteiger partial charge is 0.239 e. The van der Waals surface area contributed by atoms with Crippen molar-refractivity contribution in [3.8, 4) is 0 Å². The van der Waals surface area contributed by atoms with E-state index in [9.17, 15) is 4.79 Å². The van der Waals surface area contributed by atoms with E-state index in [4.69, 9.17) is 0 Å². The molecule has 0 aromatic heterocycles. The van der Waals surface area contributed by atoms with Gasteiger partial charge in [-0.25, -0.2) is 0 Å². The number of hydrogen-bond acceptors (Lipinski definition) is 2. The first kappa shape index (κ1) is 13.5. The van der Waals surface area contributed by atoms with Crippen LogP contribution in [0.4, 0.5) is 0 Å². The van der Waals surface area contributed by atoms with Crippen LogP contribution in [0.15, 0.2) is 0 Å². The number of carbonyl (C=O) groups is 1. The molecule has 16 heavy (non-hydrogen) atoms. The van der Waals surface area contributed by atoms with Crippen LogP contribution in [-0.2, 0) is 4.79 Å². The lowest BCUT2D eigenvalue weighted by molar-refractivity contribution is -0.133. The van der Waals surface area contributed by atoms with Crippen LogP contribution in [-0.4, -0.2) is 37.0 Å². The highest BCUT2D eigenvalue weighted by Gasteiger charge is 2.27. The van der Waals surface area contributed by atoms with E-state index < -0.39 is 0 Å². The van der Waals surface area contributed by atoms with E-state index in [1.165, 1.54) is 6.42 Å². The third-order valence-corrected chi connectivity index (χ3v) is 3.62. The third kappa shape index (κ3) is 3.78. The number of hydrogen-bond donors (Lipinski definition) is 1. The maximum absolute atomic E-state index is 12.2. The minimum absolute atomic E-state index is 0.0535. The Morgan fingerprint density at radius 2 is 2.25 bits per heavy atom. The lowest BCUT2D eigenvalue weighted by Crippen LogP contribution is -2.49. The van der Waals surface area contributed by atoms with Gasteiger partial charge < -0.3 is 10.2 Å². The van der Waals surface area contributed by atoms with E-state index >= 15 is 0 Å². The van der Waals surface area contributed by atoms with Crippen molar-refractivity contribution in [2.24, 2.45) is 11.8 Å². The van der Waals surface area contributed by atoms with E-state index in [1.807, 2.05) is 11.9 Å². The Balaban J connectivity index is 2.43. The molecule has 0 saturated carbocycles. The maximum Gasteiger partial charge on any atom is 0.239 e. The SMILES string of the molecule is CCC(C)CN(C)C(=O)C1CC(C)CCN1. The van der Waals surface area contributed by atoms with Gasteiger partial charge in [-0.3, -0.25) is 4.79 Å². The van der Waals surface area contributed by atoms with E-state index in [2.05, 4.69) is 26.1 Å². The molecule has 1 aliphatic rings. The van der Waals surface area contributed by atoms with Gasteiger partial charge in [0.25, 0.3) is 0 Å². The van der Waals surface area contributed by atoms with Crippen LogP contribution < -0.4 is 5.32 Å². The molecule has 3 nitrogen and oxygen atoms in total. The van der Waals surface area contributed by atoms with Gasteiger partial charge in [0, 0.05) is 13.6 Å². The second kappa shape index (κ2) is 6.24. The minimum Gasteiger partial charge on any atom is -0.344 e. The number of likely N-dealkylation sites (N-methyl/N-ethyl adjacent to an activating group) is 1. The molecule has 3 atom stereocenters. The first-order valence-corrected chi connectivity index (χ1v) is 6.53. The van der Waals surface area contributed by atoms with Crippen LogP contribution in [0.3, 0.4) is 0 Å². The monoisotopic (exact) mass is 226 g/mol. The van der Waals surface area contributed by atoms with Crippen molar-refractivity contribution in [2.45, 2.75) is 46.1 Å². The van der Waals surface area contributed by atoms with E-state index in [0.29, 0.717) is 11.8 Å². The maximum atomic E-state index is 12.2. The van der Waals surface area contributed by atoms with Crippen molar-refractivity contribution in [3.05, 3.63) is 0 Å². The molecule has 3 unspecified atom stereocenters. The average molecular weight is 226 g/mol. The van der Waals surface area contributed by atoms with Crippen LogP contribution in [0.5, 0.6) is 0 Å². The Bertz CT molecular complexity index is 230. The predicted molar refractivity (Wildman–Crippen MR) is 67.3 cm³/mol. The molecule has 3 heteroatoms. The third-order valence-electron chi connectivity index (χ3n) is 3.62. The fourth-order valence-electron chi connectivity index (χ4n) is 2.25. The summed E-state index contributed by atoms with van der Waals surface area (Å²) < 4.78 is 0. The Morgan fingerprint density at radius 1 is 1.56 bits per heavy atom. The fraction of sp³-hybridized carbons (Fsp3) is 0.923. The van der Waals surface area contributed by atoms with Gasteiger partial charge in [-0.15, -0.1) is 0 Å². The second-order valence-corrected chi connectivity index (χ2v) is 5.37. The zero-order valence-corrected chi connectivity index (χ0v) is 11.1. The number of amides is 1. The summed E-state index contributed by atoms with van der Waals surface area (Å²) in [6.45, 7) is 8.46. The average Bonchev–Trinajstić information content (AvgIpc) is 2.27. The lowest BCUT2D eigenvalue weighted by atomic mass is 9.93. The molecule has 0 aromatic rings. The number of nitrogens with zero attached hydrogens (tertiary/aromatic N) is 1. The Hall–Kier alpha value is -0.570. The first-order chi connectivity index (χ1) is 7.54. The molecular weight excluding hydrogens is 200 g/mol. The van der Waals surface area contributed by atoms with Crippen molar-refractivity contribution in [2.75, 3.05) is 20.1 Å². The molecule has 1 heterocycles. The van der Waals surface area contributed by atoms with Gasteiger partial charge in [0.15, 0.2) is 0 Å². The van der Waals surface area contributed by atoms with Crippen LogP contribution >= 0.6 is 0 Å². The van der Waals surface area contributed by atoms with Crippen molar-refractivity contribution in [1.29, 1.82) is 0 Å². The van der Waals surface area contributed by atoms with Gasteiger partial charge in [-0.1, -0.05) is 27.2 Å². The zero-order valence-electron chi connectivity index (χ0n) is 11.1. The topological polar surface area (TPSA) is 32.3 Å². The molecule has 0 aromatic carbocycles. The lowest BCUT2D eigenvalue weighted by Gasteiger charge is -2.31. The summed E-state index contributed by atoms with van der Waals surface area (Å²) in [5, 5.41) is 3.33. The largest absolute Gasteiger partial charge is 0.344 e. The molecule has 1 fully saturated rings. The fourth-order valence-corrected chi connectivity index (χ4v) is 2.25. The predicted octanol–water partition coefficient (Wildman–Crippen LogP) is 1.88. The van der Waals surface area contributed by atoms with Crippen LogP contribution in [0.1, 0.15) is 40.0 Å². The normalized spacial score (nSPS) is 27.5. The number of nitrogens with one attached hydrogen (secondary N) is 1. The highest BCUT2D eigenvalue weighted by atomic mass is 16.2. The van der Waals surface area contributed by atoms with Crippen molar-refractivity contribution >= 4 is 5.91 Å². The van der Waals surface area contributed by atoms with E-state index in [1.54, 1.807) is 0 Å². The minimum atomic E-state index is 0.0535. The highest BCUT2D eigenvalue weighted by molar-refractivity contribution is 5.81. The summed E-state index contributed by atoms with van der Waals surface area (Å²) in [5.41, 5.74) is 0. The molecule has 1 rings (SSSR count). The molecule has 94 valence electrons. The number of rotatable bonds is 4. The van der Waals surface area contributed by atoms with Gasteiger partial charge >= 0.3 is 0 Å². The van der Waals surface area contributed by atoms with Crippen LogP contribution in [0.25, 0.3) is 0 Å².